The molecule has 1 aromatic rings. The molecular formula is C19H32O. The first-order valence-corrected chi connectivity index (χ1v) is 7.92. The third-order valence-electron chi connectivity index (χ3n) is 3.92. The highest BCUT2D eigenvalue weighted by Crippen LogP contribution is 2.31. The van der Waals surface area contributed by atoms with E-state index >= 15 is 0 Å². The summed E-state index contributed by atoms with van der Waals surface area (Å²) in [5, 5.41) is 11.1. The van der Waals surface area contributed by atoms with Crippen LogP contribution in [0.2, 0.25) is 0 Å². The molecule has 0 saturated heterocycles. The molecule has 1 N–H and O–H groups in total. The molecule has 114 valence electrons. The molecular weight excluding hydrogens is 244 g/mol. The Morgan fingerprint density at radius 2 is 1.30 bits per heavy atom. The van der Waals surface area contributed by atoms with Crippen molar-refractivity contribution in [3.8, 4) is 0 Å². The highest BCUT2D eigenvalue weighted by Gasteiger charge is 2.30. The van der Waals surface area contributed by atoms with Crippen LogP contribution in [0.4, 0.5) is 0 Å². The Kier molecular flexibility index (Phi) is 5.82. The molecule has 0 saturated carbocycles. The van der Waals surface area contributed by atoms with E-state index in [1.54, 1.807) is 0 Å². The topological polar surface area (TPSA) is 20.2 Å². The molecule has 0 heterocycles. The summed E-state index contributed by atoms with van der Waals surface area (Å²) in [5.74, 6) is 1.04. The van der Waals surface area contributed by atoms with Gasteiger partial charge in [0.25, 0.3) is 0 Å². The van der Waals surface area contributed by atoms with Gasteiger partial charge in [-0.15, -0.1) is 0 Å². The van der Waals surface area contributed by atoms with Crippen molar-refractivity contribution < 1.29 is 5.11 Å². The lowest BCUT2D eigenvalue weighted by Gasteiger charge is -2.33. The maximum absolute atomic E-state index is 11.1. The van der Waals surface area contributed by atoms with Crippen LogP contribution < -0.4 is 0 Å². The lowest BCUT2D eigenvalue weighted by molar-refractivity contribution is 0.000483. The lowest BCUT2D eigenvalue weighted by Crippen LogP contribution is -2.35. The van der Waals surface area contributed by atoms with Crippen LogP contribution in [0.25, 0.3) is 0 Å². The van der Waals surface area contributed by atoms with E-state index in [2.05, 4.69) is 60.6 Å². The third kappa shape index (κ3) is 4.94. The van der Waals surface area contributed by atoms with Crippen molar-refractivity contribution in [2.75, 3.05) is 0 Å². The van der Waals surface area contributed by atoms with E-state index in [1.165, 1.54) is 22.3 Å². The van der Waals surface area contributed by atoms with E-state index in [-0.39, 0.29) is 0 Å². The Morgan fingerprint density at radius 1 is 0.900 bits per heavy atom. The fourth-order valence-electron chi connectivity index (χ4n) is 3.57. The standard InChI is InChI=1S/C19H32O/c1-13(2)10-19(20,11-14(3)4)12-18-16(6)8-15(5)9-17(18)7/h8-9,13-14,20H,10-12H2,1-7H3. The van der Waals surface area contributed by atoms with E-state index in [0.29, 0.717) is 11.8 Å². The largest absolute Gasteiger partial charge is 0.390 e. The Bertz CT molecular complexity index is 410. The number of hydrogen-bond acceptors (Lipinski definition) is 1. The van der Waals surface area contributed by atoms with Crippen molar-refractivity contribution in [2.45, 2.75) is 73.3 Å². The molecule has 0 radical (unpaired) electrons. The number of aryl methyl sites for hydroxylation is 3. The van der Waals surface area contributed by atoms with Crippen LogP contribution in [-0.2, 0) is 6.42 Å². The highest BCUT2D eigenvalue weighted by atomic mass is 16.3. The highest BCUT2D eigenvalue weighted by molar-refractivity contribution is 5.38. The van der Waals surface area contributed by atoms with E-state index in [1.807, 2.05) is 0 Å². The summed E-state index contributed by atoms with van der Waals surface area (Å²) in [6, 6.07) is 4.46. The number of benzene rings is 1. The van der Waals surface area contributed by atoms with Crippen LogP contribution in [0.15, 0.2) is 12.1 Å². The summed E-state index contributed by atoms with van der Waals surface area (Å²) in [6.45, 7) is 15.2. The lowest BCUT2D eigenvalue weighted by atomic mass is 9.79. The second kappa shape index (κ2) is 6.76. The Morgan fingerprint density at radius 3 is 1.65 bits per heavy atom. The van der Waals surface area contributed by atoms with Crippen molar-refractivity contribution >= 4 is 0 Å². The maximum Gasteiger partial charge on any atom is 0.0693 e. The predicted molar refractivity (Wildman–Crippen MR) is 88.2 cm³/mol. The smallest absolute Gasteiger partial charge is 0.0693 e. The van der Waals surface area contributed by atoms with Gasteiger partial charge in [-0.1, -0.05) is 45.4 Å². The maximum atomic E-state index is 11.1. The van der Waals surface area contributed by atoms with Crippen molar-refractivity contribution in [2.24, 2.45) is 11.8 Å². The second-order valence-corrected chi connectivity index (χ2v) is 7.47. The minimum absolute atomic E-state index is 0.518. The zero-order valence-electron chi connectivity index (χ0n) is 14.4. The average molecular weight is 276 g/mol. The van der Waals surface area contributed by atoms with Gasteiger partial charge in [0.1, 0.15) is 0 Å². The van der Waals surface area contributed by atoms with E-state index in [9.17, 15) is 5.11 Å². The summed E-state index contributed by atoms with van der Waals surface area (Å²) in [4.78, 5) is 0. The molecule has 0 aliphatic rings. The van der Waals surface area contributed by atoms with Crippen LogP contribution in [0.1, 0.15) is 62.8 Å². The van der Waals surface area contributed by atoms with E-state index < -0.39 is 5.60 Å². The predicted octanol–water partition coefficient (Wildman–Crippen LogP) is 4.98. The van der Waals surface area contributed by atoms with Crippen LogP contribution in [0.3, 0.4) is 0 Å². The summed E-state index contributed by atoms with van der Waals surface area (Å²) >= 11 is 0. The summed E-state index contributed by atoms with van der Waals surface area (Å²) in [6.07, 6.45) is 2.52. The summed E-state index contributed by atoms with van der Waals surface area (Å²) in [5.41, 5.74) is 4.69. The van der Waals surface area contributed by atoms with Crippen molar-refractivity contribution in [1.82, 2.24) is 0 Å². The van der Waals surface area contributed by atoms with Gasteiger partial charge < -0.3 is 5.11 Å². The van der Waals surface area contributed by atoms with Gasteiger partial charge in [0.05, 0.1) is 5.60 Å². The van der Waals surface area contributed by atoms with E-state index in [0.717, 1.165) is 19.3 Å². The van der Waals surface area contributed by atoms with Crippen LogP contribution >= 0.6 is 0 Å². The van der Waals surface area contributed by atoms with Gasteiger partial charge in [-0.2, -0.15) is 0 Å². The molecule has 0 unspecified atom stereocenters. The van der Waals surface area contributed by atoms with Crippen LogP contribution in [-0.4, -0.2) is 10.7 Å². The first kappa shape index (κ1) is 17.2. The quantitative estimate of drug-likeness (QED) is 0.777. The van der Waals surface area contributed by atoms with Gasteiger partial charge >= 0.3 is 0 Å². The molecule has 0 aromatic heterocycles. The molecule has 1 aromatic carbocycles. The summed E-state index contributed by atoms with van der Waals surface area (Å²) in [7, 11) is 0. The Labute approximate surface area is 125 Å². The molecule has 20 heavy (non-hydrogen) atoms. The third-order valence-corrected chi connectivity index (χ3v) is 3.92. The molecule has 1 heteroatoms. The van der Waals surface area contributed by atoms with Crippen molar-refractivity contribution in [3.05, 3.63) is 34.4 Å². The normalized spacial score (nSPS) is 12.5. The summed E-state index contributed by atoms with van der Waals surface area (Å²) < 4.78 is 0. The van der Waals surface area contributed by atoms with Gasteiger partial charge in [-0.25, -0.2) is 0 Å². The van der Waals surface area contributed by atoms with Gasteiger partial charge in [0.2, 0.25) is 0 Å². The van der Waals surface area contributed by atoms with Gasteiger partial charge in [0, 0.05) is 6.42 Å². The molecule has 1 rings (SSSR count). The Balaban J connectivity index is 3.06. The molecule has 0 aliphatic carbocycles. The molecule has 0 aliphatic heterocycles. The van der Waals surface area contributed by atoms with Gasteiger partial charge in [-0.05, 0) is 62.1 Å². The SMILES string of the molecule is Cc1cc(C)c(CC(O)(CC(C)C)CC(C)C)c(C)c1. The fraction of sp³-hybridized carbons (Fsp3) is 0.684. The molecule has 1 nitrogen and oxygen atoms in total. The zero-order valence-corrected chi connectivity index (χ0v) is 14.4. The molecule has 0 fully saturated rings. The minimum atomic E-state index is -0.576. The monoisotopic (exact) mass is 276 g/mol. The van der Waals surface area contributed by atoms with Gasteiger partial charge in [-0.3, -0.25) is 0 Å². The average Bonchev–Trinajstić information content (AvgIpc) is 2.20. The first-order valence-electron chi connectivity index (χ1n) is 7.92. The fourth-order valence-corrected chi connectivity index (χ4v) is 3.57. The zero-order chi connectivity index (χ0) is 15.5. The number of hydrogen-bond donors (Lipinski definition) is 1. The van der Waals surface area contributed by atoms with E-state index in [4.69, 9.17) is 0 Å². The van der Waals surface area contributed by atoms with Crippen molar-refractivity contribution in [1.29, 1.82) is 0 Å². The van der Waals surface area contributed by atoms with Crippen molar-refractivity contribution in [3.63, 3.8) is 0 Å². The van der Waals surface area contributed by atoms with Gasteiger partial charge in [0.15, 0.2) is 0 Å². The molecule has 0 bridgehead atoms. The number of rotatable bonds is 6. The minimum Gasteiger partial charge on any atom is -0.390 e. The molecule has 0 spiro atoms. The second-order valence-electron chi connectivity index (χ2n) is 7.47. The molecule has 0 atom stereocenters. The van der Waals surface area contributed by atoms with Crippen LogP contribution in [0.5, 0.6) is 0 Å². The molecule has 0 amide bonds. The number of aliphatic hydroxyl groups is 1. The first-order chi connectivity index (χ1) is 9.13. The van der Waals surface area contributed by atoms with Crippen LogP contribution in [0, 0.1) is 32.6 Å². The Hall–Kier alpha value is -0.820.